The molecule has 0 saturated carbocycles. The molecule has 2 unspecified atom stereocenters. The molecule has 0 aliphatic heterocycles. The number of alkyl halides is 1. The molecule has 0 bridgehead atoms. The van der Waals surface area contributed by atoms with Gasteiger partial charge in [-0.1, -0.05) is 0 Å². The van der Waals surface area contributed by atoms with Crippen molar-refractivity contribution >= 4 is 28.8 Å². The highest BCUT2D eigenvalue weighted by Gasteiger charge is 2.23. The summed E-state index contributed by atoms with van der Waals surface area (Å²) >= 11 is 7.52. The zero-order valence-electron chi connectivity index (χ0n) is 8.63. The Morgan fingerprint density at radius 3 is 3.27 bits per heavy atom. The van der Waals surface area contributed by atoms with Crippen molar-refractivity contribution in [3.63, 3.8) is 0 Å². The number of amides is 1. The van der Waals surface area contributed by atoms with Crippen LogP contribution in [0.15, 0.2) is 11.4 Å². The molecule has 0 fully saturated rings. The SMILES string of the molecule is CC(Cl)C(=O)NC1CCCc2sccc21. The smallest absolute Gasteiger partial charge is 0.238 e. The van der Waals surface area contributed by atoms with Crippen LogP contribution in [0, 0.1) is 0 Å². The number of thiophene rings is 1. The Balaban J connectivity index is 2.10. The fraction of sp³-hybridized carbons (Fsp3) is 0.545. The van der Waals surface area contributed by atoms with Crippen LogP contribution in [0.5, 0.6) is 0 Å². The topological polar surface area (TPSA) is 29.1 Å². The first kappa shape index (κ1) is 11.0. The second kappa shape index (κ2) is 4.54. The van der Waals surface area contributed by atoms with Gasteiger partial charge < -0.3 is 5.32 Å². The van der Waals surface area contributed by atoms with Gasteiger partial charge in [0, 0.05) is 4.88 Å². The van der Waals surface area contributed by atoms with E-state index in [-0.39, 0.29) is 11.9 Å². The van der Waals surface area contributed by atoms with Crippen molar-refractivity contribution in [2.24, 2.45) is 0 Å². The Morgan fingerprint density at radius 1 is 1.73 bits per heavy atom. The summed E-state index contributed by atoms with van der Waals surface area (Å²) in [5.41, 5.74) is 1.29. The van der Waals surface area contributed by atoms with Gasteiger partial charge in [-0.05, 0) is 43.2 Å². The molecule has 0 saturated heterocycles. The minimum atomic E-state index is -0.450. The van der Waals surface area contributed by atoms with Crippen LogP contribution in [-0.4, -0.2) is 11.3 Å². The molecular weight excluding hydrogens is 230 g/mol. The summed E-state index contributed by atoms with van der Waals surface area (Å²) in [6, 6.07) is 2.29. The lowest BCUT2D eigenvalue weighted by Gasteiger charge is -2.24. The molecule has 1 aliphatic carbocycles. The third kappa shape index (κ3) is 2.34. The Hall–Kier alpha value is -0.540. The fourth-order valence-electron chi connectivity index (χ4n) is 1.92. The van der Waals surface area contributed by atoms with E-state index < -0.39 is 5.38 Å². The van der Waals surface area contributed by atoms with Gasteiger partial charge in [-0.3, -0.25) is 4.79 Å². The third-order valence-corrected chi connectivity index (χ3v) is 3.92. The Bertz CT molecular complexity index is 361. The van der Waals surface area contributed by atoms with Gasteiger partial charge in [0.15, 0.2) is 0 Å². The average Bonchev–Trinajstić information content (AvgIpc) is 2.66. The molecule has 1 aliphatic rings. The number of nitrogens with one attached hydrogen (secondary N) is 1. The highest BCUT2D eigenvalue weighted by molar-refractivity contribution is 7.10. The number of carbonyl (C=O) groups excluding carboxylic acids is 1. The van der Waals surface area contributed by atoms with Gasteiger partial charge >= 0.3 is 0 Å². The summed E-state index contributed by atoms with van der Waals surface area (Å²) in [4.78, 5) is 12.9. The van der Waals surface area contributed by atoms with Crippen LogP contribution in [0.4, 0.5) is 0 Å². The molecule has 2 nitrogen and oxygen atoms in total. The molecule has 0 spiro atoms. The predicted molar refractivity (Wildman–Crippen MR) is 63.5 cm³/mol. The highest BCUT2D eigenvalue weighted by Crippen LogP contribution is 2.33. The quantitative estimate of drug-likeness (QED) is 0.796. The molecule has 4 heteroatoms. The molecule has 15 heavy (non-hydrogen) atoms. The first-order valence-electron chi connectivity index (χ1n) is 5.19. The summed E-state index contributed by atoms with van der Waals surface area (Å²) in [6.45, 7) is 1.70. The van der Waals surface area contributed by atoms with Gasteiger partial charge in [0.25, 0.3) is 0 Å². The van der Waals surface area contributed by atoms with Gasteiger partial charge in [-0.15, -0.1) is 22.9 Å². The van der Waals surface area contributed by atoms with Crippen LogP contribution >= 0.6 is 22.9 Å². The molecule has 0 aromatic carbocycles. The summed E-state index contributed by atoms with van der Waals surface area (Å²) in [6.07, 6.45) is 3.32. The number of rotatable bonds is 2. The maximum absolute atomic E-state index is 11.5. The van der Waals surface area contributed by atoms with Crippen LogP contribution in [0.2, 0.25) is 0 Å². The zero-order chi connectivity index (χ0) is 10.8. The molecule has 1 heterocycles. The van der Waals surface area contributed by atoms with Crippen LogP contribution in [0.1, 0.15) is 36.2 Å². The maximum Gasteiger partial charge on any atom is 0.238 e. The molecule has 2 atom stereocenters. The summed E-state index contributed by atoms with van der Waals surface area (Å²) in [5, 5.41) is 4.64. The minimum Gasteiger partial charge on any atom is -0.348 e. The second-order valence-electron chi connectivity index (χ2n) is 3.87. The van der Waals surface area contributed by atoms with E-state index in [0.29, 0.717) is 0 Å². The molecular formula is C11H14ClNOS. The van der Waals surface area contributed by atoms with Gasteiger partial charge in [0.05, 0.1) is 6.04 Å². The summed E-state index contributed by atoms with van der Waals surface area (Å²) in [7, 11) is 0. The van der Waals surface area contributed by atoms with Crippen molar-refractivity contribution in [3.05, 3.63) is 21.9 Å². The third-order valence-electron chi connectivity index (χ3n) is 2.73. The number of fused-ring (bicyclic) bond motifs is 1. The summed E-state index contributed by atoms with van der Waals surface area (Å²) in [5.74, 6) is -0.0688. The van der Waals surface area contributed by atoms with E-state index >= 15 is 0 Å². The number of halogens is 1. The van der Waals surface area contributed by atoms with E-state index in [1.54, 1.807) is 18.3 Å². The lowest BCUT2D eigenvalue weighted by atomic mass is 9.94. The molecule has 1 amide bonds. The Morgan fingerprint density at radius 2 is 2.53 bits per heavy atom. The molecule has 1 aromatic heterocycles. The van der Waals surface area contributed by atoms with E-state index in [1.165, 1.54) is 10.4 Å². The standard InChI is InChI=1S/C11H14ClNOS/c1-7(12)11(14)13-9-3-2-4-10-8(9)5-6-15-10/h5-7,9H,2-4H2,1H3,(H,13,14). The molecule has 82 valence electrons. The average molecular weight is 244 g/mol. The van der Waals surface area contributed by atoms with Crippen molar-refractivity contribution < 1.29 is 4.79 Å². The normalized spacial score (nSPS) is 21.9. The van der Waals surface area contributed by atoms with Crippen molar-refractivity contribution in [3.8, 4) is 0 Å². The first-order chi connectivity index (χ1) is 7.18. The van der Waals surface area contributed by atoms with E-state index in [9.17, 15) is 4.79 Å². The van der Waals surface area contributed by atoms with Gasteiger partial charge in [-0.2, -0.15) is 0 Å². The van der Waals surface area contributed by atoms with E-state index in [0.717, 1.165) is 19.3 Å². The second-order valence-corrected chi connectivity index (χ2v) is 5.52. The molecule has 2 rings (SSSR count). The van der Waals surface area contributed by atoms with Crippen LogP contribution in [-0.2, 0) is 11.2 Å². The van der Waals surface area contributed by atoms with Crippen molar-refractivity contribution in [2.75, 3.05) is 0 Å². The maximum atomic E-state index is 11.5. The Labute approximate surface area is 98.6 Å². The van der Waals surface area contributed by atoms with Crippen LogP contribution in [0.3, 0.4) is 0 Å². The van der Waals surface area contributed by atoms with E-state index in [1.807, 2.05) is 0 Å². The van der Waals surface area contributed by atoms with E-state index in [4.69, 9.17) is 11.6 Å². The lowest BCUT2D eigenvalue weighted by molar-refractivity contribution is -0.121. The number of hydrogen-bond acceptors (Lipinski definition) is 2. The van der Waals surface area contributed by atoms with Gasteiger partial charge in [-0.25, -0.2) is 0 Å². The van der Waals surface area contributed by atoms with Crippen molar-refractivity contribution in [1.82, 2.24) is 5.32 Å². The van der Waals surface area contributed by atoms with Gasteiger partial charge in [0.1, 0.15) is 5.38 Å². The summed E-state index contributed by atoms with van der Waals surface area (Å²) < 4.78 is 0. The molecule has 1 aromatic rings. The number of aryl methyl sites for hydroxylation is 1. The van der Waals surface area contributed by atoms with Crippen LogP contribution in [0.25, 0.3) is 0 Å². The van der Waals surface area contributed by atoms with Gasteiger partial charge in [0.2, 0.25) is 5.91 Å². The fourth-order valence-corrected chi connectivity index (χ4v) is 2.97. The number of hydrogen-bond donors (Lipinski definition) is 1. The highest BCUT2D eigenvalue weighted by atomic mass is 35.5. The predicted octanol–water partition coefficient (Wildman–Crippen LogP) is 2.87. The lowest BCUT2D eigenvalue weighted by Crippen LogP contribution is -2.34. The molecule has 0 radical (unpaired) electrons. The largest absolute Gasteiger partial charge is 0.348 e. The number of carbonyl (C=O) groups is 1. The van der Waals surface area contributed by atoms with Crippen LogP contribution < -0.4 is 5.32 Å². The Kier molecular flexibility index (Phi) is 3.32. The monoisotopic (exact) mass is 243 g/mol. The molecule has 1 N–H and O–H groups in total. The van der Waals surface area contributed by atoms with E-state index in [2.05, 4.69) is 16.8 Å². The van der Waals surface area contributed by atoms with Crippen molar-refractivity contribution in [2.45, 2.75) is 37.6 Å². The first-order valence-corrected chi connectivity index (χ1v) is 6.51. The zero-order valence-corrected chi connectivity index (χ0v) is 10.2. The minimum absolute atomic E-state index is 0.0688. The van der Waals surface area contributed by atoms with Crippen molar-refractivity contribution in [1.29, 1.82) is 0 Å².